The summed E-state index contributed by atoms with van der Waals surface area (Å²) < 4.78 is 11.4. The predicted molar refractivity (Wildman–Crippen MR) is 77.2 cm³/mol. The second-order valence-electron chi connectivity index (χ2n) is 6.62. The molecule has 1 saturated carbocycles. The fourth-order valence-electron chi connectivity index (χ4n) is 2.89. The molecule has 1 unspecified atom stereocenters. The highest BCUT2D eigenvalue weighted by molar-refractivity contribution is 5.48. The first-order valence-corrected chi connectivity index (χ1v) is 7.43. The number of hydrogen-bond acceptors (Lipinski definition) is 5. The molecule has 110 valence electrons. The molecular weight excluding hydrogens is 266 g/mol. The van der Waals surface area contributed by atoms with Crippen LogP contribution in [0.5, 0.6) is 5.75 Å². The summed E-state index contributed by atoms with van der Waals surface area (Å²) in [6, 6.07) is 5.68. The summed E-state index contributed by atoms with van der Waals surface area (Å²) in [5.41, 5.74) is 8.29. The highest BCUT2D eigenvalue weighted by Gasteiger charge is 2.35. The minimum absolute atomic E-state index is 0.186. The van der Waals surface area contributed by atoms with Crippen LogP contribution in [0.4, 0.5) is 0 Å². The Morgan fingerprint density at radius 3 is 2.90 bits per heavy atom. The third-order valence-electron chi connectivity index (χ3n) is 4.12. The van der Waals surface area contributed by atoms with E-state index in [9.17, 15) is 0 Å². The van der Waals surface area contributed by atoms with Crippen molar-refractivity contribution >= 4 is 0 Å². The SMILES string of the molecule is CC1(C)Cc2cccc(C(N)c3noc(C4CC4)n3)c2O1. The lowest BCUT2D eigenvalue weighted by molar-refractivity contribution is 0.137. The number of fused-ring (bicyclic) bond motifs is 1. The predicted octanol–water partition coefficient (Wildman–Crippen LogP) is 2.71. The molecule has 5 nitrogen and oxygen atoms in total. The zero-order valence-corrected chi connectivity index (χ0v) is 12.3. The van der Waals surface area contributed by atoms with E-state index in [2.05, 4.69) is 30.1 Å². The van der Waals surface area contributed by atoms with E-state index < -0.39 is 6.04 Å². The average molecular weight is 285 g/mol. The van der Waals surface area contributed by atoms with Crippen molar-refractivity contribution in [1.29, 1.82) is 0 Å². The maximum absolute atomic E-state index is 6.35. The Hall–Kier alpha value is -1.88. The van der Waals surface area contributed by atoms with Gasteiger partial charge in [-0.2, -0.15) is 4.98 Å². The van der Waals surface area contributed by atoms with E-state index >= 15 is 0 Å². The molecule has 1 aliphatic heterocycles. The van der Waals surface area contributed by atoms with Crippen molar-refractivity contribution in [2.24, 2.45) is 5.73 Å². The maximum atomic E-state index is 6.35. The summed E-state index contributed by atoms with van der Waals surface area (Å²) >= 11 is 0. The summed E-state index contributed by atoms with van der Waals surface area (Å²) in [6.07, 6.45) is 3.16. The third kappa shape index (κ3) is 2.21. The molecule has 21 heavy (non-hydrogen) atoms. The summed E-state index contributed by atoms with van der Waals surface area (Å²) in [6.45, 7) is 4.17. The summed E-state index contributed by atoms with van der Waals surface area (Å²) in [4.78, 5) is 4.45. The second kappa shape index (κ2) is 4.31. The number of nitrogens with zero attached hydrogens (tertiary/aromatic N) is 2. The number of rotatable bonds is 3. The lowest BCUT2D eigenvalue weighted by atomic mass is 9.98. The van der Waals surface area contributed by atoms with Crippen molar-refractivity contribution in [2.75, 3.05) is 0 Å². The Morgan fingerprint density at radius 2 is 2.14 bits per heavy atom. The number of hydrogen-bond donors (Lipinski definition) is 1. The first-order valence-electron chi connectivity index (χ1n) is 7.43. The molecule has 2 aromatic rings. The van der Waals surface area contributed by atoms with Gasteiger partial charge in [-0.15, -0.1) is 0 Å². The molecule has 5 heteroatoms. The van der Waals surface area contributed by atoms with E-state index in [0.29, 0.717) is 17.6 Å². The molecule has 2 N–H and O–H groups in total. The largest absolute Gasteiger partial charge is 0.487 e. The van der Waals surface area contributed by atoms with Gasteiger partial charge >= 0.3 is 0 Å². The summed E-state index contributed by atoms with van der Waals surface area (Å²) in [7, 11) is 0. The van der Waals surface area contributed by atoms with Crippen LogP contribution in [0.2, 0.25) is 0 Å². The molecule has 0 saturated heterocycles. The minimum Gasteiger partial charge on any atom is -0.487 e. The van der Waals surface area contributed by atoms with E-state index in [0.717, 1.165) is 30.6 Å². The van der Waals surface area contributed by atoms with E-state index in [4.69, 9.17) is 15.0 Å². The van der Waals surface area contributed by atoms with E-state index in [1.54, 1.807) is 0 Å². The van der Waals surface area contributed by atoms with E-state index in [1.807, 2.05) is 12.1 Å². The Morgan fingerprint density at radius 1 is 1.33 bits per heavy atom. The molecule has 1 fully saturated rings. The van der Waals surface area contributed by atoms with Gasteiger partial charge in [-0.05, 0) is 32.3 Å². The molecule has 2 aliphatic rings. The number of para-hydroxylation sites is 1. The quantitative estimate of drug-likeness (QED) is 0.938. The standard InChI is InChI=1S/C16H19N3O2/c1-16(2)8-10-4-3-5-11(13(10)20-16)12(17)14-18-15(21-19-14)9-6-7-9/h3-5,9,12H,6-8,17H2,1-2H3. The van der Waals surface area contributed by atoms with Crippen LogP contribution in [-0.4, -0.2) is 15.7 Å². The molecule has 1 atom stereocenters. The normalized spacial score (nSPS) is 20.9. The number of benzene rings is 1. The van der Waals surface area contributed by atoms with Crippen molar-refractivity contribution < 1.29 is 9.26 Å². The number of aromatic nitrogens is 2. The Bertz CT molecular complexity index is 689. The molecule has 0 radical (unpaired) electrons. The smallest absolute Gasteiger partial charge is 0.229 e. The van der Waals surface area contributed by atoms with Crippen LogP contribution in [0.1, 0.15) is 61.5 Å². The van der Waals surface area contributed by atoms with E-state index in [1.165, 1.54) is 5.56 Å². The lowest BCUT2D eigenvalue weighted by Crippen LogP contribution is -2.25. The van der Waals surface area contributed by atoms with Gasteiger partial charge in [-0.1, -0.05) is 23.4 Å². The lowest BCUT2D eigenvalue weighted by Gasteiger charge is -2.19. The van der Waals surface area contributed by atoms with Crippen molar-refractivity contribution in [3.63, 3.8) is 0 Å². The number of nitrogens with two attached hydrogens (primary N) is 1. The molecule has 0 bridgehead atoms. The van der Waals surface area contributed by atoms with Crippen LogP contribution in [0.3, 0.4) is 0 Å². The van der Waals surface area contributed by atoms with Gasteiger partial charge in [0.15, 0.2) is 5.82 Å². The fourth-order valence-corrected chi connectivity index (χ4v) is 2.89. The minimum atomic E-state index is -0.412. The average Bonchev–Trinajstić information content (AvgIpc) is 3.07. The first kappa shape index (κ1) is 12.8. The zero-order chi connectivity index (χ0) is 14.6. The van der Waals surface area contributed by atoms with Gasteiger partial charge in [-0.25, -0.2) is 0 Å². The van der Waals surface area contributed by atoms with Crippen LogP contribution in [0.25, 0.3) is 0 Å². The van der Waals surface area contributed by atoms with Gasteiger partial charge in [-0.3, -0.25) is 0 Å². The Balaban J connectivity index is 1.68. The van der Waals surface area contributed by atoms with Crippen molar-refractivity contribution in [2.45, 2.75) is 50.7 Å². The summed E-state index contributed by atoms with van der Waals surface area (Å²) in [5, 5.41) is 4.05. The van der Waals surface area contributed by atoms with Crippen LogP contribution in [-0.2, 0) is 6.42 Å². The van der Waals surface area contributed by atoms with Crippen LogP contribution >= 0.6 is 0 Å². The van der Waals surface area contributed by atoms with E-state index in [-0.39, 0.29) is 5.60 Å². The fraction of sp³-hybridized carbons (Fsp3) is 0.500. The topological polar surface area (TPSA) is 74.2 Å². The third-order valence-corrected chi connectivity index (χ3v) is 4.12. The second-order valence-corrected chi connectivity index (χ2v) is 6.62. The first-order chi connectivity index (χ1) is 10.0. The number of ether oxygens (including phenoxy) is 1. The van der Waals surface area contributed by atoms with Gasteiger partial charge < -0.3 is 15.0 Å². The maximum Gasteiger partial charge on any atom is 0.229 e. The van der Waals surface area contributed by atoms with Crippen LogP contribution in [0, 0.1) is 0 Å². The van der Waals surface area contributed by atoms with Gasteiger partial charge in [0.1, 0.15) is 11.4 Å². The van der Waals surface area contributed by atoms with Crippen molar-refractivity contribution in [1.82, 2.24) is 10.1 Å². The molecule has 1 aromatic heterocycles. The molecule has 1 aliphatic carbocycles. The van der Waals surface area contributed by atoms with Crippen LogP contribution < -0.4 is 10.5 Å². The van der Waals surface area contributed by atoms with Gasteiger partial charge in [0.25, 0.3) is 0 Å². The highest BCUT2D eigenvalue weighted by Crippen LogP contribution is 2.42. The molecule has 0 amide bonds. The Labute approximate surface area is 123 Å². The molecule has 4 rings (SSSR count). The molecule has 2 heterocycles. The molecule has 1 aromatic carbocycles. The van der Waals surface area contributed by atoms with Gasteiger partial charge in [0.05, 0.1) is 6.04 Å². The molecular formula is C16H19N3O2. The van der Waals surface area contributed by atoms with Gasteiger partial charge in [0.2, 0.25) is 5.89 Å². The molecule has 0 spiro atoms. The summed E-state index contributed by atoms with van der Waals surface area (Å²) in [5.74, 6) is 2.58. The van der Waals surface area contributed by atoms with Crippen LogP contribution in [0.15, 0.2) is 22.7 Å². The monoisotopic (exact) mass is 285 g/mol. The van der Waals surface area contributed by atoms with Crippen molar-refractivity contribution in [3.8, 4) is 5.75 Å². The zero-order valence-electron chi connectivity index (χ0n) is 12.3. The van der Waals surface area contributed by atoms with Gasteiger partial charge in [0, 0.05) is 17.9 Å². The van der Waals surface area contributed by atoms with Crippen molar-refractivity contribution in [3.05, 3.63) is 41.0 Å². The Kier molecular flexibility index (Phi) is 2.63. The highest BCUT2D eigenvalue weighted by atomic mass is 16.5.